The smallest absolute Gasteiger partial charge is 0.169 e. The summed E-state index contributed by atoms with van der Waals surface area (Å²) in [6.45, 7) is 4.53. The molecule has 0 amide bonds. The maximum atomic E-state index is 6.66. The standard InChI is InChI=1S/C42H75NO2/c1-3-5-7-9-11-13-15-17-19-21-23-25-27-29-31-33-35-42(44-40-37-39(43)38-41(40)45-42)36-34-32-30-28-26-24-22-20-18-16-14-12-10-8-6-4-2/h11-14,17-20,39-41H,3-10,15-16,21-38,43H2,1-2H3/b13-11-,14-12-,19-17-,20-18-/t39-,40-,41?/m1/s1. The number of rotatable bonds is 30. The van der Waals surface area contributed by atoms with E-state index in [0.29, 0.717) is 0 Å². The Morgan fingerprint density at radius 1 is 0.467 bits per heavy atom. The van der Waals surface area contributed by atoms with Gasteiger partial charge in [-0.2, -0.15) is 0 Å². The molecule has 2 N–H and O–H groups in total. The molecular weight excluding hydrogens is 550 g/mol. The third kappa shape index (κ3) is 20.6. The van der Waals surface area contributed by atoms with Crippen molar-refractivity contribution >= 4 is 0 Å². The van der Waals surface area contributed by atoms with Crippen molar-refractivity contribution in [2.45, 2.75) is 218 Å². The molecule has 1 unspecified atom stereocenters. The molecule has 0 bridgehead atoms. The van der Waals surface area contributed by atoms with Crippen LogP contribution < -0.4 is 5.73 Å². The summed E-state index contributed by atoms with van der Waals surface area (Å²) in [5.74, 6) is -0.333. The van der Waals surface area contributed by atoms with Gasteiger partial charge in [-0.25, -0.2) is 0 Å². The average Bonchev–Trinajstić information content (AvgIpc) is 3.54. The molecule has 0 aromatic rings. The molecule has 1 aliphatic carbocycles. The van der Waals surface area contributed by atoms with Crippen molar-refractivity contribution in [3.05, 3.63) is 48.6 Å². The molecule has 1 saturated heterocycles. The van der Waals surface area contributed by atoms with Crippen LogP contribution in [0.25, 0.3) is 0 Å². The molecule has 2 aliphatic rings. The Morgan fingerprint density at radius 3 is 1.18 bits per heavy atom. The summed E-state index contributed by atoms with van der Waals surface area (Å²) in [6, 6.07) is 0.252. The fourth-order valence-electron chi connectivity index (χ4n) is 6.95. The second-order valence-electron chi connectivity index (χ2n) is 14.1. The van der Waals surface area contributed by atoms with E-state index < -0.39 is 0 Å². The minimum Gasteiger partial charge on any atom is -0.344 e. The average molecular weight is 626 g/mol. The van der Waals surface area contributed by atoms with Gasteiger partial charge in [-0.15, -0.1) is 0 Å². The summed E-state index contributed by atoms with van der Waals surface area (Å²) >= 11 is 0. The van der Waals surface area contributed by atoms with Gasteiger partial charge < -0.3 is 15.2 Å². The van der Waals surface area contributed by atoms with Crippen LogP contribution in [0.2, 0.25) is 0 Å². The van der Waals surface area contributed by atoms with E-state index in [1.165, 1.54) is 141 Å². The van der Waals surface area contributed by atoms with Crippen LogP contribution in [0.1, 0.15) is 194 Å². The Kier molecular flexibility index (Phi) is 24.8. The maximum Gasteiger partial charge on any atom is 0.169 e. The number of unbranched alkanes of at least 4 members (excludes halogenated alkanes) is 18. The Hall–Kier alpha value is -1.16. The Balaban J connectivity index is 1.50. The third-order valence-electron chi connectivity index (χ3n) is 9.73. The molecule has 3 atom stereocenters. The Bertz CT molecular complexity index is 720. The molecule has 3 nitrogen and oxygen atoms in total. The number of ether oxygens (including phenoxy) is 2. The molecule has 0 aromatic carbocycles. The predicted octanol–water partition coefficient (Wildman–Crippen LogP) is 13.0. The lowest BCUT2D eigenvalue weighted by molar-refractivity contribution is -0.191. The highest BCUT2D eigenvalue weighted by molar-refractivity contribution is 4.96. The highest BCUT2D eigenvalue weighted by Crippen LogP contribution is 2.43. The van der Waals surface area contributed by atoms with E-state index in [2.05, 4.69) is 62.5 Å². The first kappa shape index (κ1) is 40.0. The van der Waals surface area contributed by atoms with Crippen LogP contribution in [0.5, 0.6) is 0 Å². The predicted molar refractivity (Wildman–Crippen MR) is 198 cm³/mol. The summed E-state index contributed by atoms with van der Waals surface area (Å²) in [6.07, 6.45) is 54.2. The van der Waals surface area contributed by atoms with Gasteiger partial charge >= 0.3 is 0 Å². The fourth-order valence-corrected chi connectivity index (χ4v) is 6.95. The largest absolute Gasteiger partial charge is 0.344 e. The van der Waals surface area contributed by atoms with E-state index in [9.17, 15) is 0 Å². The van der Waals surface area contributed by atoms with Crippen molar-refractivity contribution in [1.82, 2.24) is 0 Å². The highest BCUT2D eigenvalue weighted by atomic mass is 16.8. The van der Waals surface area contributed by atoms with Crippen molar-refractivity contribution < 1.29 is 9.47 Å². The lowest BCUT2D eigenvalue weighted by atomic mass is 9.98. The minimum atomic E-state index is -0.333. The van der Waals surface area contributed by atoms with Crippen LogP contribution in [0.4, 0.5) is 0 Å². The normalized spacial score (nSPS) is 21.4. The molecular formula is C42H75NO2. The first-order valence-corrected chi connectivity index (χ1v) is 19.9. The van der Waals surface area contributed by atoms with Gasteiger partial charge in [0.25, 0.3) is 0 Å². The lowest BCUT2D eigenvalue weighted by Gasteiger charge is -2.30. The first-order valence-electron chi connectivity index (χ1n) is 19.9. The van der Waals surface area contributed by atoms with Gasteiger partial charge in [-0.1, -0.05) is 140 Å². The van der Waals surface area contributed by atoms with Gasteiger partial charge in [-0.3, -0.25) is 0 Å². The van der Waals surface area contributed by atoms with Gasteiger partial charge in [0.1, 0.15) is 0 Å². The summed E-state index contributed by atoms with van der Waals surface area (Å²) in [5.41, 5.74) is 6.22. The van der Waals surface area contributed by atoms with E-state index >= 15 is 0 Å². The van der Waals surface area contributed by atoms with Crippen molar-refractivity contribution in [1.29, 1.82) is 0 Å². The van der Waals surface area contributed by atoms with Gasteiger partial charge in [-0.05, 0) is 89.9 Å². The van der Waals surface area contributed by atoms with Crippen molar-refractivity contribution in [2.75, 3.05) is 0 Å². The van der Waals surface area contributed by atoms with Crippen LogP contribution in [-0.4, -0.2) is 24.0 Å². The van der Waals surface area contributed by atoms with E-state index in [-0.39, 0.29) is 24.0 Å². The molecule has 1 saturated carbocycles. The molecule has 0 aromatic heterocycles. The van der Waals surface area contributed by atoms with E-state index in [1.807, 2.05) is 0 Å². The number of nitrogens with two attached hydrogens (primary N) is 1. The topological polar surface area (TPSA) is 44.5 Å². The summed E-state index contributed by atoms with van der Waals surface area (Å²) in [7, 11) is 0. The summed E-state index contributed by atoms with van der Waals surface area (Å²) in [5, 5.41) is 0. The number of hydrogen-bond acceptors (Lipinski definition) is 3. The van der Waals surface area contributed by atoms with Crippen molar-refractivity contribution in [3.8, 4) is 0 Å². The first-order chi connectivity index (χ1) is 22.2. The molecule has 0 radical (unpaired) electrons. The summed E-state index contributed by atoms with van der Waals surface area (Å²) < 4.78 is 13.3. The van der Waals surface area contributed by atoms with E-state index in [1.54, 1.807) is 0 Å². The molecule has 260 valence electrons. The van der Waals surface area contributed by atoms with Crippen LogP contribution in [0.15, 0.2) is 48.6 Å². The van der Waals surface area contributed by atoms with Crippen molar-refractivity contribution in [2.24, 2.45) is 5.73 Å². The lowest BCUT2D eigenvalue weighted by Crippen LogP contribution is -2.33. The summed E-state index contributed by atoms with van der Waals surface area (Å²) in [4.78, 5) is 0. The minimum absolute atomic E-state index is 0.231. The molecule has 0 spiro atoms. The Labute approximate surface area is 280 Å². The van der Waals surface area contributed by atoms with Gasteiger partial charge in [0.15, 0.2) is 5.79 Å². The SMILES string of the molecule is CCCCC/C=C\C/C=C\CCCCCCCCC1(CCCCCCCC/C=C\C/C=C\CCCCC)OC2C[C@H](N)C[C@H]2O1. The zero-order valence-corrected chi connectivity index (χ0v) is 30.0. The molecule has 1 heterocycles. The zero-order valence-electron chi connectivity index (χ0n) is 30.0. The molecule has 2 fully saturated rings. The second kappa shape index (κ2) is 27.9. The fraction of sp³-hybridized carbons (Fsp3) is 0.810. The molecule has 2 rings (SSSR count). The maximum absolute atomic E-state index is 6.66. The van der Waals surface area contributed by atoms with Crippen LogP contribution in [0, 0.1) is 0 Å². The van der Waals surface area contributed by atoms with Gasteiger partial charge in [0.2, 0.25) is 0 Å². The molecule has 1 aliphatic heterocycles. The number of allylic oxidation sites excluding steroid dienone is 8. The zero-order chi connectivity index (χ0) is 32.1. The third-order valence-corrected chi connectivity index (χ3v) is 9.73. The number of hydrogen-bond donors (Lipinski definition) is 1. The van der Waals surface area contributed by atoms with E-state index in [4.69, 9.17) is 15.2 Å². The van der Waals surface area contributed by atoms with E-state index in [0.717, 1.165) is 38.5 Å². The van der Waals surface area contributed by atoms with Crippen molar-refractivity contribution in [3.63, 3.8) is 0 Å². The van der Waals surface area contributed by atoms with Gasteiger partial charge in [0, 0.05) is 18.9 Å². The van der Waals surface area contributed by atoms with Crippen LogP contribution >= 0.6 is 0 Å². The quantitative estimate of drug-likeness (QED) is 0.0638. The monoisotopic (exact) mass is 626 g/mol. The molecule has 45 heavy (non-hydrogen) atoms. The highest BCUT2D eigenvalue weighted by Gasteiger charge is 2.50. The van der Waals surface area contributed by atoms with Gasteiger partial charge in [0.05, 0.1) is 12.2 Å². The van der Waals surface area contributed by atoms with Crippen LogP contribution in [0.3, 0.4) is 0 Å². The van der Waals surface area contributed by atoms with Crippen LogP contribution in [-0.2, 0) is 9.47 Å². The molecule has 3 heteroatoms. The number of fused-ring (bicyclic) bond motifs is 1. The second-order valence-corrected chi connectivity index (χ2v) is 14.1. The Morgan fingerprint density at radius 2 is 0.800 bits per heavy atom.